The smallest absolute Gasteiger partial charge is 0.290 e. The highest BCUT2D eigenvalue weighted by molar-refractivity contribution is 7.89. The van der Waals surface area contributed by atoms with E-state index < -0.39 is 25.5 Å². The number of nitrogens with two attached hydrogens (primary N) is 1. The molecule has 2 rings (SSSR count). The predicted octanol–water partition coefficient (Wildman–Crippen LogP) is 1.64. The van der Waals surface area contributed by atoms with Crippen molar-refractivity contribution < 1.29 is 13.3 Å². The molecule has 10 heteroatoms. The van der Waals surface area contributed by atoms with Crippen LogP contribution in [0.2, 0.25) is 5.02 Å². The van der Waals surface area contributed by atoms with Crippen molar-refractivity contribution in [3.63, 3.8) is 0 Å². The van der Waals surface area contributed by atoms with E-state index in [0.717, 1.165) is 6.07 Å². The Labute approximate surface area is 133 Å². The Kier molecular flexibility index (Phi) is 5.94. The first-order valence-corrected chi connectivity index (χ1v) is 7.83. The maximum atomic E-state index is 12.5. The van der Waals surface area contributed by atoms with Gasteiger partial charge in [0.1, 0.15) is 0 Å². The Morgan fingerprint density at radius 2 is 2.14 bits per heavy atom. The highest BCUT2D eigenvalue weighted by atomic mass is 35.5. The van der Waals surface area contributed by atoms with Crippen molar-refractivity contribution >= 4 is 39.7 Å². The van der Waals surface area contributed by atoms with Crippen LogP contribution >= 0.6 is 24.0 Å². The van der Waals surface area contributed by atoms with Gasteiger partial charge in [-0.3, -0.25) is 10.1 Å². The van der Waals surface area contributed by atoms with E-state index >= 15 is 0 Å². The second kappa shape index (κ2) is 6.89. The molecule has 1 unspecified atom stereocenters. The molecule has 2 N–H and O–H groups in total. The van der Waals surface area contributed by atoms with Crippen LogP contribution in [0.4, 0.5) is 5.69 Å². The SMILES string of the molecule is Cl.NCC1CCN(S(=O)(=O)c2c(Cl)cccc2[N+](=O)[O-])C1. The van der Waals surface area contributed by atoms with E-state index in [4.69, 9.17) is 17.3 Å². The fraction of sp³-hybridized carbons (Fsp3) is 0.455. The van der Waals surface area contributed by atoms with E-state index in [9.17, 15) is 18.5 Å². The molecule has 7 nitrogen and oxygen atoms in total. The van der Waals surface area contributed by atoms with Gasteiger partial charge in [0, 0.05) is 19.2 Å². The molecule has 0 spiro atoms. The van der Waals surface area contributed by atoms with E-state index in [1.54, 1.807) is 0 Å². The van der Waals surface area contributed by atoms with Crippen molar-refractivity contribution in [1.82, 2.24) is 4.31 Å². The molecule has 118 valence electrons. The molecular formula is C11H15Cl2N3O4S. The third-order valence-electron chi connectivity index (χ3n) is 3.32. The maximum absolute atomic E-state index is 12.5. The Morgan fingerprint density at radius 1 is 1.48 bits per heavy atom. The number of nitro benzene ring substituents is 1. The summed E-state index contributed by atoms with van der Waals surface area (Å²) in [5, 5.41) is 10.9. The van der Waals surface area contributed by atoms with Gasteiger partial charge in [0.15, 0.2) is 4.90 Å². The van der Waals surface area contributed by atoms with Crippen molar-refractivity contribution in [3.8, 4) is 0 Å². The second-order valence-electron chi connectivity index (χ2n) is 4.60. The van der Waals surface area contributed by atoms with Crippen molar-refractivity contribution in [2.45, 2.75) is 11.3 Å². The molecule has 0 bridgehead atoms. The quantitative estimate of drug-likeness (QED) is 0.652. The van der Waals surface area contributed by atoms with Crippen LogP contribution in [0.25, 0.3) is 0 Å². The number of hydrogen-bond donors (Lipinski definition) is 1. The summed E-state index contributed by atoms with van der Waals surface area (Å²) >= 11 is 5.87. The van der Waals surface area contributed by atoms with E-state index in [1.807, 2.05) is 0 Å². The molecule has 1 aromatic rings. The van der Waals surface area contributed by atoms with E-state index in [1.165, 1.54) is 16.4 Å². The van der Waals surface area contributed by atoms with Gasteiger partial charge in [-0.05, 0) is 24.9 Å². The zero-order valence-electron chi connectivity index (χ0n) is 10.9. The van der Waals surface area contributed by atoms with E-state index in [-0.39, 0.29) is 29.9 Å². The largest absolute Gasteiger partial charge is 0.330 e. The maximum Gasteiger partial charge on any atom is 0.290 e. The van der Waals surface area contributed by atoms with Crippen LogP contribution in [-0.2, 0) is 10.0 Å². The lowest BCUT2D eigenvalue weighted by molar-refractivity contribution is -0.387. The lowest BCUT2D eigenvalue weighted by atomic mass is 10.1. The number of halogens is 2. The van der Waals surface area contributed by atoms with Crippen LogP contribution in [0.15, 0.2) is 23.1 Å². The van der Waals surface area contributed by atoms with Gasteiger partial charge in [-0.2, -0.15) is 4.31 Å². The van der Waals surface area contributed by atoms with Gasteiger partial charge in [0.25, 0.3) is 15.7 Å². The second-order valence-corrected chi connectivity index (χ2v) is 6.88. The van der Waals surface area contributed by atoms with E-state index in [2.05, 4.69) is 0 Å². The standard InChI is InChI=1S/C11H14ClN3O4S.ClH/c12-9-2-1-3-10(15(16)17)11(9)20(18,19)14-5-4-8(6-13)7-14;/h1-3,8H,4-7,13H2;1H. The summed E-state index contributed by atoms with van der Waals surface area (Å²) in [6.07, 6.45) is 0.647. The molecule has 21 heavy (non-hydrogen) atoms. The molecule has 0 aliphatic carbocycles. The average Bonchev–Trinajstić information content (AvgIpc) is 2.87. The number of nitro groups is 1. The third kappa shape index (κ3) is 3.46. The lowest BCUT2D eigenvalue weighted by Gasteiger charge is -2.17. The van der Waals surface area contributed by atoms with Gasteiger partial charge in [-0.15, -0.1) is 12.4 Å². The fourth-order valence-electron chi connectivity index (χ4n) is 2.23. The first kappa shape index (κ1) is 18.1. The summed E-state index contributed by atoms with van der Waals surface area (Å²) in [5.41, 5.74) is 5.02. The molecule has 1 atom stereocenters. The Bertz CT molecular complexity index is 638. The molecule has 0 saturated carbocycles. The molecule has 1 aliphatic heterocycles. The minimum atomic E-state index is -3.98. The Morgan fingerprint density at radius 3 is 2.67 bits per heavy atom. The summed E-state index contributed by atoms with van der Waals surface area (Å²) in [5.74, 6) is 0.0753. The fourth-order valence-corrected chi connectivity index (χ4v) is 4.43. The number of sulfonamides is 1. The Balaban J connectivity index is 0.00000220. The zero-order valence-corrected chi connectivity index (χ0v) is 13.3. The number of hydrogen-bond acceptors (Lipinski definition) is 5. The normalized spacial score (nSPS) is 19.2. The van der Waals surface area contributed by atoms with Crippen LogP contribution in [0.1, 0.15) is 6.42 Å². The molecular weight excluding hydrogens is 341 g/mol. The number of benzene rings is 1. The van der Waals surface area contributed by atoms with E-state index in [0.29, 0.717) is 19.5 Å². The van der Waals surface area contributed by atoms with Gasteiger partial charge in [-0.25, -0.2) is 8.42 Å². The molecule has 0 radical (unpaired) electrons. The van der Waals surface area contributed by atoms with Gasteiger partial charge < -0.3 is 5.73 Å². The predicted molar refractivity (Wildman–Crippen MR) is 81.3 cm³/mol. The van der Waals surface area contributed by atoms with Gasteiger partial charge >= 0.3 is 0 Å². The van der Waals surface area contributed by atoms with Gasteiger partial charge in [0.05, 0.1) is 9.95 Å². The molecule has 1 saturated heterocycles. The monoisotopic (exact) mass is 355 g/mol. The highest BCUT2D eigenvalue weighted by Crippen LogP contribution is 2.35. The summed E-state index contributed by atoms with van der Waals surface area (Å²) in [7, 11) is -3.98. The summed E-state index contributed by atoms with van der Waals surface area (Å²) < 4.78 is 26.3. The zero-order chi connectivity index (χ0) is 14.9. The van der Waals surface area contributed by atoms with Crippen LogP contribution in [0, 0.1) is 16.0 Å². The topological polar surface area (TPSA) is 107 Å². The number of rotatable bonds is 4. The first-order valence-electron chi connectivity index (χ1n) is 6.01. The van der Waals surface area contributed by atoms with Crippen molar-refractivity contribution in [3.05, 3.63) is 33.3 Å². The molecule has 0 amide bonds. The summed E-state index contributed by atoms with van der Waals surface area (Å²) in [4.78, 5) is 9.82. The molecule has 1 aromatic carbocycles. The summed E-state index contributed by atoms with van der Waals surface area (Å²) in [6.45, 7) is 0.949. The Hall–Kier alpha value is -0.930. The van der Waals surface area contributed by atoms with Crippen LogP contribution < -0.4 is 5.73 Å². The molecule has 0 aromatic heterocycles. The average molecular weight is 356 g/mol. The highest BCUT2D eigenvalue weighted by Gasteiger charge is 2.37. The van der Waals surface area contributed by atoms with Crippen LogP contribution in [-0.4, -0.2) is 37.3 Å². The molecule has 1 heterocycles. The van der Waals surface area contributed by atoms with Gasteiger partial charge in [-0.1, -0.05) is 17.7 Å². The third-order valence-corrected chi connectivity index (χ3v) is 5.71. The summed E-state index contributed by atoms with van der Waals surface area (Å²) in [6, 6.07) is 3.82. The van der Waals surface area contributed by atoms with Crippen molar-refractivity contribution in [2.75, 3.05) is 19.6 Å². The lowest BCUT2D eigenvalue weighted by Crippen LogP contribution is -2.30. The van der Waals surface area contributed by atoms with Gasteiger partial charge in [0.2, 0.25) is 0 Å². The minimum Gasteiger partial charge on any atom is -0.330 e. The molecule has 1 fully saturated rings. The minimum absolute atomic E-state index is 0. The van der Waals surface area contributed by atoms with Crippen LogP contribution in [0.3, 0.4) is 0 Å². The van der Waals surface area contributed by atoms with Crippen LogP contribution in [0.5, 0.6) is 0 Å². The number of nitrogens with zero attached hydrogens (tertiary/aromatic N) is 2. The molecule has 1 aliphatic rings. The van der Waals surface area contributed by atoms with Crippen molar-refractivity contribution in [1.29, 1.82) is 0 Å². The van der Waals surface area contributed by atoms with Crippen molar-refractivity contribution in [2.24, 2.45) is 11.7 Å². The first-order chi connectivity index (χ1) is 9.37.